The zero-order chi connectivity index (χ0) is 20.7. The molecule has 1 aliphatic heterocycles. The Hall–Kier alpha value is -3.56. The van der Waals surface area contributed by atoms with Gasteiger partial charge >= 0.3 is 0 Å². The largest absolute Gasteiger partial charge is 0.386 e. The SMILES string of the molecule is CC(C)(O)c1ccccc1N1c2ccccc2N(c2ccccc2)c2ccccc21. The van der Waals surface area contributed by atoms with Crippen LogP contribution < -0.4 is 9.80 Å². The van der Waals surface area contributed by atoms with Crippen LogP contribution in [0.15, 0.2) is 103 Å². The van der Waals surface area contributed by atoms with Gasteiger partial charge in [0.05, 0.1) is 34.0 Å². The van der Waals surface area contributed by atoms with E-state index in [0.717, 1.165) is 39.7 Å². The van der Waals surface area contributed by atoms with E-state index in [0.29, 0.717) is 0 Å². The first-order valence-corrected chi connectivity index (χ1v) is 10.2. The van der Waals surface area contributed by atoms with Crippen molar-refractivity contribution in [2.75, 3.05) is 9.80 Å². The van der Waals surface area contributed by atoms with Gasteiger partial charge < -0.3 is 14.9 Å². The summed E-state index contributed by atoms with van der Waals surface area (Å²) in [4.78, 5) is 4.56. The maximum absolute atomic E-state index is 10.9. The second-order valence-corrected chi connectivity index (χ2v) is 8.06. The zero-order valence-corrected chi connectivity index (χ0v) is 17.2. The molecule has 0 radical (unpaired) electrons. The molecule has 0 bridgehead atoms. The second kappa shape index (κ2) is 7.05. The van der Waals surface area contributed by atoms with Gasteiger partial charge in [0.2, 0.25) is 0 Å². The number of nitrogens with zero attached hydrogens (tertiary/aromatic N) is 2. The Morgan fingerprint density at radius 3 is 1.40 bits per heavy atom. The summed E-state index contributed by atoms with van der Waals surface area (Å²) in [5.74, 6) is 0. The molecule has 4 aromatic carbocycles. The molecule has 4 aromatic rings. The maximum atomic E-state index is 10.9. The van der Waals surface area contributed by atoms with E-state index < -0.39 is 5.60 Å². The summed E-state index contributed by atoms with van der Waals surface area (Å²) in [6.07, 6.45) is 0. The summed E-state index contributed by atoms with van der Waals surface area (Å²) in [5.41, 5.74) is 6.40. The summed E-state index contributed by atoms with van der Waals surface area (Å²) in [5, 5.41) is 10.9. The van der Waals surface area contributed by atoms with E-state index in [4.69, 9.17) is 0 Å². The summed E-state index contributed by atoms with van der Waals surface area (Å²) >= 11 is 0. The summed E-state index contributed by atoms with van der Waals surface area (Å²) < 4.78 is 0. The van der Waals surface area contributed by atoms with Crippen molar-refractivity contribution in [1.29, 1.82) is 0 Å². The average molecular weight is 393 g/mol. The van der Waals surface area contributed by atoms with Crippen LogP contribution in [-0.4, -0.2) is 5.11 Å². The van der Waals surface area contributed by atoms with Gasteiger partial charge in [0.15, 0.2) is 0 Å². The highest BCUT2D eigenvalue weighted by Crippen LogP contribution is 2.54. The molecule has 0 spiro atoms. The highest BCUT2D eigenvalue weighted by atomic mass is 16.3. The van der Waals surface area contributed by atoms with Crippen molar-refractivity contribution >= 4 is 34.1 Å². The van der Waals surface area contributed by atoms with E-state index in [1.165, 1.54) is 0 Å². The first-order valence-electron chi connectivity index (χ1n) is 10.2. The molecule has 0 atom stereocenters. The van der Waals surface area contributed by atoms with E-state index in [1.54, 1.807) is 0 Å². The van der Waals surface area contributed by atoms with Crippen LogP contribution in [0.25, 0.3) is 0 Å². The second-order valence-electron chi connectivity index (χ2n) is 8.06. The van der Waals surface area contributed by atoms with Gasteiger partial charge in [-0.15, -0.1) is 0 Å². The molecule has 0 aromatic heterocycles. The van der Waals surface area contributed by atoms with Crippen LogP contribution >= 0.6 is 0 Å². The fraction of sp³-hybridized carbons (Fsp3) is 0.111. The van der Waals surface area contributed by atoms with Gasteiger partial charge in [-0.05, 0) is 56.3 Å². The average Bonchev–Trinajstić information content (AvgIpc) is 2.77. The molecular weight excluding hydrogens is 368 g/mol. The first kappa shape index (κ1) is 18.5. The molecule has 0 saturated heterocycles. The van der Waals surface area contributed by atoms with E-state index in [2.05, 4.69) is 88.7 Å². The minimum absolute atomic E-state index is 0.891. The molecule has 0 saturated carbocycles. The first-order chi connectivity index (χ1) is 14.6. The number of benzene rings is 4. The van der Waals surface area contributed by atoms with Crippen molar-refractivity contribution in [3.05, 3.63) is 109 Å². The van der Waals surface area contributed by atoms with Crippen LogP contribution in [0.1, 0.15) is 19.4 Å². The normalized spacial score (nSPS) is 13.0. The number of fused-ring (bicyclic) bond motifs is 2. The molecule has 0 unspecified atom stereocenters. The van der Waals surface area contributed by atoms with Gasteiger partial charge in [-0.1, -0.05) is 60.7 Å². The number of hydrogen-bond acceptors (Lipinski definition) is 3. The molecule has 3 nitrogen and oxygen atoms in total. The highest BCUT2D eigenvalue weighted by Gasteiger charge is 2.32. The van der Waals surface area contributed by atoms with Crippen LogP contribution in [0.5, 0.6) is 0 Å². The topological polar surface area (TPSA) is 26.7 Å². The quantitative estimate of drug-likeness (QED) is 0.353. The molecule has 0 fully saturated rings. The highest BCUT2D eigenvalue weighted by molar-refractivity contribution is 6.01. The van der Waals surface area contributed by atoms with Gasteiger partial charge in [0.1, 0.15) is 0 Å². The molecule has 5 rings (SSSR count). The minimum atomic E-state index is -0.961. The summed E-state index contributed by atoms with van der Waals surface area (Å²) in [6, 6.07) is 35.4. The number of aliphatic hydroxyl groups is 1. The Labute approximate surface area is 177 Å². The van der Waals surface area contributed by atoms with Gasteiger partial charge in [-0.25, -0.2) is 0 Å². The minimum Gasteiger partial charge on any atom is -0.386 e. The Morgan fingerprint density at radius 1 is 0.500 bits per heavy atom. The Bertz CT molecular complexity index is 1150. The number of para-hydroxylation sites is 6. The summed E-state index contributed by atoms with van der Waals surface area (Å²) in [7, 11) is 0. The van der Waals surface area contributed by atoms with E-state index in [1.807, 2.05) is 38.1 Å². The molecule has 1 aliphatic rings. The molecule has 148 valence electrons. The lowest BCUT2D eigenvalue weighted by Crippen LogP contribution is -2.26. The van der Waals surface area contributed by atoms with Crippen LogP contribution in [0.2, 0.25) is 0 Å². The zero-order valence-electron chi connectivity index (χ0n) is 17.2. The maximum Gasteiger partial charge on any atom is 0.0860 e. The number of hydrogen-bond donors (Lipinski definition) is 1. The predicted molar refractivity (Wildman–Crippen MR) is 125 cm³/mol. The fourth-order valence-corrected chi connectivity index (χ4v) is 4.24. The molecule has 1 N–H and O–H groups in total. The molecule has 3 heteroatoms. The fourth-order valence-electron chi connectivity index (χ4n) is 4.24. The predicted octanol–water partition coefficient (Wildman–Crippen LogP) is 7.17. The monoisotopic (exact) mass is 392 g/mol. The van der Waals surface area contributed by atoms with Crippen LogP contribution in [0.3, 0.4) is 0 Å². The third-order valence-electron chi connectivity index (χ3n) is 5.55. The third-order valence-corrected chi connectivity index (χ3v) is 5.55. The lowest BCUT2D eigenvalue weighted by molar-refractivity contribution is 0.0792. The van der Waals surface area contributed by atoms with Crippen molar-refractivity contribution in [1.82, 2.24) is 0 Å². The molecule has 0 aliphatic carbocycles. The van der Waals surface area contributed by atoms with Crippen LogP contribution in [-0.2, 0) is 5.60 Å². The van der Waals surface area contributed by atoms with Gasteiger partial charge in [0.25, 0.3) is 0 Å². The van der Waals surface area contributed by atoms with Gasteiger partial charge in [-0.2, -0.15) is 0 Å². The Balaban J connectivity index is 1.81. The van der Waals surface area contributed by atoms with Crippen molar-refractivity contribution in [3.63, 3.8) is 0 Å². The van der Waals surface area contributed by atoms with Gasteiger partial charge in [0, 0.05) is 11.3 Å². The van der Waals surface area contributed by atoms with E-state index >= 15 is 0 Å². The van der Waals surface area contributed by atoms with E-state index in [-0.39, 0.29) is 0 Å². The van der Waals surface area contributed by atoms with Crippen molar-refractivity contribution < 1.29 is 5.11 Å². The molecular formula is C27H24N2O. The van der Waals surface area contributed by atoms with Crippen molar-refractivity contribution in [2.45, 2.75) is 19.4 Å². The van der Waals surface area contributed by atoms with Crippen molar-refractivity contribution in [2.24, 2.45) is 0 Å². The van der Waals surface area contributed by atoms with Gasteiger partial charge in [-0.3, -0.25) is 0 Å². The Kier molecular flexibility index (Phi) is 4.34. The lowest BCUT2D eigenvalue weighted by atomic mass is 9.94. The summed E-state index contributed by atoms with van der Waals surface area (Å²) in [6.45, 7) is 3.67. The number of rotatable bonds is 3. The van der Waals surface area contributed by atoms with Crippen LogP contribution in [0.4, 0.5) is 34.1 Å². The Morgan fingerprint density at radius 2 is 0.900 bits per heavy atom. The molecule has 30 heavy (non-hydrogen) atoms. The molecule has 1 heterocycles. The smallest absolute Gasteiger partial charge is 0.0860 e. The number of anilines is 6. The van der Waals surface area contributed by atoms with Crippen molar-refractivity contribution in [3.8, 4) is 0 Å². The standard InChI is InChI=1S/C27H24N2O/c1-27(2,30)21-14-6-7-15-22(21)29-25-18-10-8-16-23(25)28(20-12-4-3-5-13-20)24-17-9-11-19-26(24)29/h3-19,30H,1-2H3. The third kappa shape index (κ3) is 2.95. The van der Waals surface area contributed by atoms with E-state index in [9.17, 15) is 5.11 Å². The molecule has 0 amide bonds. The van der Waals surface area contributed by atoms with Crippen LogP contribution in [0, 0.1) is 0 Å². The lowest BCUT2D eigenvalue weighted by Gasteiger charge is -2.41.